The van der Waals surface area contributed by atoms with E-state index in [0.29, 0.717) is 21.9 Å². The van der Waals surface area contributed by atoms with Crippen molar-refractivity contribution >= 4 is 17.5 Å². The third-order valence-corrected chi connectivity index (χ3v) is 4.57. The molecule has 0 aliphatic rings. The van der Waals surface area contributed by atoms with E-state index in [1.807, 2.05) is 18.2 Å². The Hall–Kier alpha value is -3.03. The van der Waals surface area contributed by atoms with Gasteiger partial charge >= 0.3 is 12.1 Å². The molecule has 5 nitrogen and oxygen atoms in total. The van der Waals surface area contributed by atoms with Crippen molar-refractivity contribution in [2.75, 3.05) is 18.5 Å². The minimum atomic E-state index is -4.93. The molecule has 2 amide bonds. The molecule has 0 aliphatic heterocycles. The predicted octanol–water partition coefficient (Wildman–Crippen LogP) is 4.91. The van der Waals surface area contributed by atoms with Crippen molar-refractivity contribution < 1.29 is 27.5 Å². The average molecular weight is 436 g/mol. The Labute approximate surface area is 180 Å². The fourth-order valence-electron chi connectivity index (χ4n) is 2.87. The molecule has 2 aromatic carbocycles. The van der Waals surface area contributed by atoms with Crippen molar-refractivity contribution in [1.82, 2.24) is 4.90 Å². The van der Waals surface area contributed by atoms with Crippen molar-refractivity contribution in [1.29, 1.82) is 0 Å². The second-order valence-corrected chi connectivity index (χ2v) is 8.13. The molecule has 0 heterocycles. The second-order valence-electron chi connectivity index (χ2n) is 8.13. The molecule has 0 aliphatic carbocycles. The molecule has 0 aromatic heterocycles. The van der Waals surface area contributed by atoms with E-state index in [4.69, 9.17) is 4.74 Å². The summed E-state index contributed by atoms with van der Waals surface area (Å²) in [5, 5.41) is 2.66. The molecule has 0 atom stereocenters. The molecule has 0 saturated carbocycles. The molecule has 1 N–H and O–H groups in total. The number of hydrogen-bond donors (Lipinski definition) is 1. The summed E-state index contributed by atoms with van der Waals surface area (Å²) in [4.78, 5) is 24.4. The van der Waals surface area contributed by atoms with E-state index < -0.39 is 18.0 Å². The van der Waals surface area contributed by atoms with E-state index in [-0.39, 0.29) is 25.1 Å². The van der Waals surface area contributed by atoms with Gasteiger partial charge in [-0.2, -0.15) is 13.2 Å². The molecule has 0 bridgehead atoms. The van der Waals surface area contributed by atoms with Crippen LogP contribution in [0.2, 0.25) is 0 Å². The molecule has 0 fully saturated rings. The number of benzene rings is 2. The summed E-state index contributed by atoms with van der Waals surface area (Å²) in [5.41, 5.74) is 1.90. The van der Waals surface area contributed by atoms with Gasteiger partial charge in [0.1, 0.15) is 5.75 Å². The summed E-state index contributed by atoms with van der Waals surface area (Å²) in [7, 11) is 0. The van der Waals surface area contributed by atoms with Crippen LogP contribution < -0.4 is 10.1 Å². The number of ether oxygens (including phenoxy) is 1. The number of alkyl halides is 3. The Kier molecular flexibility index (Phi) is 7.70. The van der Waals surface area contributed by atoms with Gasteiger partial charge in [0.05, 0.1) is 0 Å². The Bertz CT molecular complexity index is 921. The van der Waals surface area contributed by atoms with E-state index >= 15 is 0 Å². The lowest BCUT2D eigenvalue weighted by molar-refractivity contribution is -0.185. The summed E-state index contributed by atoms with van der Waals surface area (Å²) in [6.07, 6.45) is -4.93. The Balaban J connectivity index is 1.98. The monoisotopic (exact) mass is 436 g/mol. The molecule has 0 spiro atoms. The number of hydrogen-bond acceptors (Lipinski definition) is 3. The maximum absolute atomic E-state index is 12.7. The molecule has 2 aromatic rings. The normalized spacial score (nSPS) is 11.7. The van der Waals surface area contributed by atoms with E-state index in [1.54, 1.807) is 24.3 Å². The first kappa shape index (κ1) is 24.2. The van der Waals surface area contributed by atoms with E-state index in [9.17, 15) is 22.8 Å². The van der Waals surface area contributed by atoms with Gasteiger partial charge in [-0.1, -0.05) is 45.0 Å². The number of carbonyl (C=O) groups is 2. The lowest BCUT2D eigenvalue weighted by atomic mass is 9.87. The number of nitrogens with one attached hydrogen (secondary N) is 1. The second kappa shape index (κ2) is 9.85. The van der Waals surface area contributed by atoms with E-state index in [1.165, 1.54) is 13.0 Å². The topological polar surface area (TPSA) is 58.6 Å². The van der Waals surface area contributed by atoms with Crippen LogP contribution in [0.1, 0.15) is 38.8 Å². The SMILES string of the molecule is CCN(Cc1cccc(NC(=O)COc2cccc(C(C)(C)C)c2)c1)C(=O)C(F)(F)F. The molecular weight excluding hydrogens is 409 g/mol. The highest BCUT2D eigenvalue weighted by molar-refractivity contribution is 5.92. The quantitative estimate of drug-likeness (QED) is 0.671. The highest BCUT2D eigenvalue weighted by Crippen LogP contribution is 2.25. The molecule has 0 unspecified atom stereocenters. The highest BCUT2D eigenvalue weighted by Gasteiger charge is 2.41. The standard InChI is InChI=1S/C23H27F3N2O3/c1-5-28(21(30)23(24,25)26)14-16-8-6-10-18(12-16)27-20(29)15-31-19-11-7-9-17(13-19)22(2,3)4/h6-13H,5,14-15H2,1-4H3,(H,27,29). The molecule has 0 radical (unpaired) electrons. The van der Waals surface area contributed by atoms with Gasteiger partial charge < -0.3 is 15.0 Å². The third-order valence-electron chi connectivity index (χ3n) is 4.57. The number of amides is 2. The number of carbonyl (C=O) groups excluding carboxylic acids is 2. The fourth-order valence-corrected chi connectivity index (χ4v) is 2.87. The van der Waals surface area contributed by atoms with Gasteiger partial charge in [0, 0.05) is 18.8 Å². The van der Waals surface area contributed by atoms with Gasteiger partial charge in [-0.25, -0.2) is 0 Å². The molecular formula is C23H27F3N2O3. The van der Waals surface area contributed by atoms with Crippen LogP contribution in [0.5, 0.6) is 5.75 Å². The first-order valence-corrected chi connectivity index (χ1v) is 9.88. The van der Waals surface area contributed by atoms with Crippen LogP contribution in [0.4, 0.5) is 18.9 Å². The van der Waals surface area contributed by atoms with E-state index in [2.05, 4.69) is 26.1 Å². The van der Waals surface area contributed by atoms with Gasteiger partial charge in [-0.3, -0.25) is 9.59 Å². The lowest BCUT2D eigenvalue weighted by Crippen LogP contribution is -2.40. The van der Waals surface area contributed by atoms with Crippen LogP contribution >= 0.6 is 0 Å². The van der Waals surface area contributed by atoms with Crippen LogP contribution in [0.3, 0.4) is 0 Å². The number of rotatable bonds is 7. The zero-order valence-corrected chi connectivity index (χ0v) is 18.0. The number of halogens is 3. The lowest BCUT2D eigenvalue weighted by Gasteiger charge is -2.22. The van der Waals surface area contributed by atoms with Crippen LogP contribution in [-0.4, -0.2) is 36.0 Å². The maximum Gasteiger partial charge on any atom is 0.471 e. The van der Waals surface area contributed by atoms with Crippen LogP contribution in [0.25, 0.3) is 0 Å². The molecule has 31 heavy (non-hydrogen) atoms. The van der Waals surface area contributed by atoms with Crippen LogP contribution in [-0.2, 0) is 21.5 Å². The highest BCUT2D eigenvalue weighted by atomic mass is 19.4. The predicted molar refractivity (Wildman–Crippen MR) is 113 cm³/mol. The Morgan fingerprint density at radius 1 is 1.03 bits per heavy atom. The van der Waals surface area contributed by atoms with Gasteiger partial charge in [0.15, 0.2) is 6.61 Å². The third kappa shape index (κ3) is 7.31. The molecule has 8 heteroatoms. The minimum absolute atomic E-state index is 0.0536. The average Bonchev–Trinajstić information content (AvgIpc) is 2.69. The van der Waals surface area contributed by atoms with Crippen molar-refractivity contribution in [3.05, 3.63) is 59.7 Å². The van der Waals surface area contributed by atoms with Crippen molar-refractivity contribution in [2.45, 2.75) is 45.8 Å². The zero-order valence-electron chi connectivity index (χ0n) is 18.0. The van der Waals surface area contributed by atoms with Gasteiger partial charge in [0.2, 0.25) is 0 Å². The summed E-state index contributed by atoms with van der Waals surface area (Å²) in [6.45, 7) is 7.19. The van der Waals surface area contributed by atoms with Gasteiger partial charge in [-0.05, 0) is 47.7 Å². The zero-order chi connectivity index (χ0) is 23.2. The number of nitrogens with zero attached hydrogens (tertiary/aromatic N) is 1. The maximum atomic E-state index is 12.7. The Morgan fingerprint density at radius 3 is 2.32 bits per heavy atom. The fraction of sp³-hybridized carbons (Fsp3) is 0.391. The first-order chi connectivity index (χ1) is 14.4. The largest absolute Gasteiger partial charge is 0.484 e. The summed E-state index contributed by atoms with van der Waals surface area (Å²) in [5.74, 6) is -1.73. The molecule has 2 rings (SSSR count). The number of anilines is 1. The summed E-state index contributed by atoms with van der Waals surface area (Å²) >= 11 is 0. The smallest absolute Gasteiger partial charge is 0.471 e. The van der Waals surface area contributed by atoms with E-state index in [0.717, 1.165) is 5.56 Å². The first-order valence-electron chi connectivity index (χ1n) is 9.88. The Morgan fingerprint density at radius 2 is 1.71 bits per heavy atom. The van der Waals surface area contributed by atoms with Gasteiger partial charge in [0.25, 0.3) is 5.91 Å². The van der Waals surface area contributed by atoms with Crippen LogP contribution in [0, 0.1) is 0 Å². The van der Waals surface area contributed by atoms with Gasteiger partial charge in [-0.15, -0.1) is 0 Å². The summed E-state index contributed by atoms with van der Waals surface area (Å²) < 4.78 is 43.6. The molecule has 0 saturated heterocycles. The van der Waals surface area contributed by atoms with Crippen LogP contribution in [0.15, 0.2) is 48.5 Å². The van der Waals surface area contributed by atoms with Crippen molar-refractivity contribution in [3.63, 3.8) is 0 Å². The molecule has 168 valence electrons. The van der Waals surface area contributed by atoms with Crippen molar-refractivity contribution in [3.8, 4) is 5.75 Å². The minimum Gasteiger partial charge on any atom is -0.484 e. The summed E-state index contributed by atoms with van der Waals surface area (Å²) in [6, 6.07) is 13.8. The van der Waals surface area contributed by atoms with Crippen molar-refractivity contribution in [2.24, 2.45) is 0 Å².